The fourth-order valence-electron chi connectivity index (χ4n) is 10.9. The molecule has 2 saturated heterocycles. The second-order valence-electron chi connectivity index (χ2n) is 18.3. The smallest absolute Gasteiger partial charge is 0.407 e. The van der Waals surface area contributed by atoms with Gasteiger partial charge in [-0.2, -0.15) is 0 Å². The van der Waals surface area contributed by atoms with Crippen LogP contribution in [-0.4, -0.2) is 94.4 Å². The number of allylic oxidation sites excluding steroid dienone is 6. The number of carbonyl (C=O) groups excluding carboxylic acids is 4. The van der Waals surface area contributed by atoms with E-state index in [9.17, 15) is 19.2 Å². The molecule has 0 radical (unpaired) electrons. The molecule has 0 bridgehead atoms. The first-order valence-electron chi connectivity index (χ1n) is 22.0. The number of methoxy groups -OCH3 is 2. The summed E-state index contributed by atoms with van der Waals surface area (Å²) in [6.45, 7) is 8.76. The molecule has 1 aromatic heterocycles. The Kier molecular flexibility index (Phi) is 10.9. The van der Waals surface area contributed by atoms with Crippen LogP contribution in [0.5, 0.6) is 0 Å². The Morgan fingerprint density at radius 3 is 2.41 bits per heavy atom. The summed E-state index contributed by atoms with van der Waals surface area (Å²) >= 11 is 0. The Labute approximate surface area is 356 Å². The minimum Gasteiger partial charge on any atom is -0.489 e. The van der Waals surface area contributed by atoms with Gasteiger partial charge in [-0.3, -0.25) is 14.6 Å². The van der Waals surface area contributed by atoms with Crippen LogP contribution in [0.4, 0.5) is 9.59 Å². The number of imidazole rings is 1. The minimum atomic E-state index is -0.694. The summed E-state index contributed by atoms with van der Waals surface area (Å²) in [7, 11) is 2.62. The van der Waals surface area contributed by atoms with Crippen LogP contribution in [0, 0.1) is 29.6 Å². The van der Waals surface area contributed by atoms with E-state index < -0.39 is 24.3 Å². The molecule has 8 atom stereocenters. The highest BCUT2D eigenvalue weighted by molar-refractivity contribution is 6.00. The summed E-state index contributed by atoms with van der Waals surface area (Å²) in [6, 6.07) is 4.91. The lowest BCUT2D eigenvalue weighted by molar-refractivity contribution is -0.136. The number of nitrogens with zero attached hydrogens (tertiary/aromatic N) is 4. The second-order valence-corrected chi connectivity index (χ2v) is 18.3. The first kappa shape index (κ1) is 40.7. The molecule has 0 spiro atoms. The van der Waals surface area contributed by atoms with Gasteiger partial charge in [0, 0.05) is 42.1 Å². The fourth-order valence-corrected chi connectivity index (χ4v) is 10.9. The number of aromatic amines is 1. The third-order valence-electron chi connectivity index (χ3n) is 14.0. The van der Waals surface area contributed by atoms with Gasteiger partial charge in [0.15, 0.2) is 0 Å². The predicted octanol–water partition coefficient (Wildman–Crippen LogP) is 6.98. The Balaban J connectivity index is 0.899. The zero-order chi connectivity index (χ0) is 42.7. The highest BCUT2D eigenvalue weighted by Crippen LogP contribution is 2.49. The van der Waals surface area contributed by atoms with E-state index in [1.54, 1.807) is 0 Å². The van der Waals surface area contributed by atoms with Crippen LogP contribution in [0.25, 0.3) is 16.8 Å². The Morgan fingerprint density at radius 1 is 0.918 bits per heavy atom. The van der Waals surface area contributed by atoms with Crippen molar-refractivity contribution >= 4 is 35.3 Å². The number of H-pyrrole nitrogens is 1. The molecule has 4 amide bonds. The molecular weight excluding hydrogens is 775 g/mol. The van der Waals surface area contributed by atoms with E-state index in [4.69, 9.17) is 24.2 Å². The molecule has 1 aromatic carbocycles. The van der Waals surface area contributed by atoms with Crippen molar-refractivity contribution in [1.82, 2.24) is 30.4 Å². The van der Waals surface area contributed by atoms with Gasteiger partial charge in [-0.25, -0.2) is 14.6 Å². The van der Waals surface area contributed by atoms with Crippen molar-refractivity contribution in [1.29, 1.82) is 0 Å². The molecule has 322 valence electrons. The number of rotatable bonds is 9. The van der Waals surface area contributed by atoms with Crippen LogP contribution in [0.3, 0.4) is 0 Å². The minimum absolute atomic E-state index is 0.0443. The molecule has 61 heavy (non-hydrogen) atoms. The highest BCUT2D eigenvalue weighted by Gasteiger charge is 2.51. The number of benzene rings is 1. The average Bonchev–Trinajstić information content (AvgIpc) is 4.11. The topological polar surface area (TPSA) is 168 Å². The third-order valence-corrected chi connectivity index (χ3v) is 14.0. The van der Waals surface area contributed by atoms with Gasteiger partial charge in [-0.15, -0.1) is 0 Å². The first-order valence-corrected chi connectivity index (χ1v) is 22.0. The molecular formula is C47H57N7O7. The zero-order valence-corrected chi connectivity index (χ0v) is 35.9. The highest BCUT2D eigenvalue weighted by atomic mass is 16.5. The lowest BCUT2D eigenvalue weighted by Gasteiger charge is -2.35. The average molecular weight is 832 g/mol. The molecule has 3 N–H and O–H groups in total. The van der Waals surface area contributed by atoms with Crippen LogP contribution in [0.15, 0.2) is 70.7 Å². The number of ether oxygens (including phenoxy) is 3. The van der Waals surface area contributed by atoms with Gasteiger partial charge >= 0.3 is 12.2 Å². The van der Waals surface area contributed by atoms with Crippen molar-refractivity contribution in [3.05, 3.63) is 82.7 Å². The predicted molar refractivity (Wildman–Crippen MR) is 228 cm³/mol. The van der Waals surface area contributed by atoms with Crippen LogP contribution >= 0.6 is 0 Å². The van der Waals surface area contributed by atoms with Gasteiger partial charge in [0.05, 0.1) is 43.9 Å². The molecule has 9 rings (SSSR count). The summed E-state index contributed by atoms with van der Waals surface area (Å²) in [5.41, 5.74) is 8.47. The Hall–Kier alpha value is -5.66. The van der Waals surface area contributed by atoms with Crippen LogP contribution in [0.2, 0.25) is 0 Å². The molecule has 3 aliphatic carbocycles. The maximum atomic E-state index is 14.3. The molecule has 14 nitrogen and oxygen atoms in total. The molecule has 2 aromatic rings. The molecule has 7 aliphatic rings. The summed E-state index contributed by atoms with van der Waals surface area (Å²) in [5, 5.41) is 5.54. The maximum Gasteiger partial charge on any atom is 0.407 e. The molecule has 3 unspecified atom stereocenters. The van der Waals surface area contributed by atoms with Crippen LogP contribution < -0.4 is 10.6 Å². The number of hydrogen-bond donors (Lipinski definition) is 3. The summed E-state index contributed by atoms with van der Waals surface area (Å²) in [4.78, 5) is 69.7. The number of carbonyl (C=O) groups is 4. The standard InChI is InChI=1S/C47H57N7O7/c1-24(2)41(51-46(57)59-5)44(55)53-16-8-11-38(53)43-48-22-36(50-43)27-12-14-30-29(17-27)23-61-40-21-31-26(18-33(30)40)13-15-34-32(31)20-35(49-34)39-19-28-9-7-10-37(28)54(39)45(56)42(25(3)4)52-47(58)60-6/h12-15,17-18,21-22,24-26,28,31,37-39,41-42H,7-11,16,19-20,23H2,1-6H3,(H,48,50)(H,51,57)(H,52,58)/t26?,28-,31?,37-,38?,39-,41-,42-/m0/s1. The number of aromatic nitrogens is 2. The van der Waals surface area contributed by atoms with E-state index in [0.29, 0.717) is 25.5 Å². The molecule has 1 saturated carbocycles. The second kappa shape index (κ2) is 16.3. The van der Waals surface area contributed by atoms with E-state index in [1.807, 2.05) is 38.8 Å². The van der Waals surface area contributed by atoms with Gasteiger partial charge in [-0.05, 0) is 90.3 Å². The molecule has 3 fully saturated rings. The van der Waals surface area contributed by atoms with Crippen molar-refractivity contribution in [3.63, 3.8) is 0 Å². The lowest BCUT2D eigenvalue weighted by atomic mass is 9.74. The number of aliphatic imine (C=N–C) groups is 1. The molecule has 4 aliphatic heterocycles. The number of amides is 4. The van der Waals surface area contributed by atoms with Gasteiger partial charge in [-0.1, -0.05) is 58.4 Å². The van der Waals surface area contributed by atoms with E-state index in [-0.39, 0.29) is 53.6 Å². The van der Waals surface area contributed by atoms with Crippen molar-refractivity contribution in [2.24, 2.45) is 34.6 Å². The Morgan fingerprint density at radius 2 is 1.67 bits per heavy atom. The van der Waals surface area contributed by atoms with Gasteiger partial charge < -0.3 is 39.6 Å². The van der Waals surface area contributed by atoms with Crippen molar-refractivity contribution in [3.8, 4) is 11.3 Å². The van der Waals surface area contributed by atoms with Crippen LogP contribution in [-0.2, 0) is 30.4 Å². The van der Waals surface area contributed by atoms with E-state index in [1.165, 1.54) is 19.8 Å². The normalized spacial score (nSPS) is 26.9. The quantitative estimate of drug-likeness (QED) is 0.243. The van der Waals surface area contributed by atoms with Crippen molar-refractivity contribution < 1.29 is 33.4 Å². The van der Waals surface area contributed by atoms with Crippen molar-refractivity contribution in [2.75, 3.05) is 20.8 Å². The largest absolute Gasteiger partial charge is 0.489 e. The molecule has 14 heteroatoms. The van der Waals surface area contributed by atoms with E-state index >= 15 is 0 Å². The van der Waals surface area contributed by atoms with Crippen molar-refractivity contribution in [2.45, 2.75) is 109 Å². The van der Waals surface area contributed by atoms with Gasteiger partial charge in [0.25, 0.3) is 0 Å². The number of hydrogen-bond acceptors (Lipinski definition) is 9. The van der Waals surface area contributed by atoms with Gasteiger partial charge in [0.2, 0.25) is 11.8 Å². The summed E-state index contributed by atoms with van der Waals surface area (Å²) in [6.07, 6.45) is 16.0. The first-order chi connectivity index (χ1) is 29.4. The Bertz CT molecular complexity index is 2290. The number of alkyl carbamates (subject to hydrolysis) is 2. The maximum absolute atomic E-state index is 14.3. The van der Waals surface area contributed by atoms with E-state index in [2.05, 4.69) is 63.0 Å². The zero-order valence-electron chi connectivity index (χ0n) is 35.9. The van der Waals surface area contributed by atoms with Crippen LogP contribution in [0.1, 0.15) is 95.6 Å². The van der Waals surface area contributed by atoms with Gasteiger partial charge in [0.1, 0.15) is 30.3 Å². The third kappa shape index (κ3) is 7.35. The SMILES string of the molecule is COC(=O)N[C@H](C(=O)N1CCCC1c1ncc(-c2ccc3c(c2)COC2=CC4C5=C(C=CC4C=C23)N=C([C@@H]2C[C@@H]3CCC[C@@H]3N2C(=O)[C@@H](NC(=O)OC)C(C)C)C5)[nH]1)C(C)C. The number of likely N-dealkylation sites (tertiary alicyclic amines) is 2. The molecule has 5 heterocycles. The number of fused-ring (bicyclic) bond motifs is 6. The van der Waals surface area contributed by atoms with E-state index in [0.717, 1.165) is 89.5 Å². The summed E-state index contributed by atoms with van der Waals surface area (Å²) in [5.74, 6) is 1.90. The monoisotopic (exact) mass is 831 g/mol. The summed E-state index contributed by atoms with van der Waals surface area (Å²) < 4.78 is 16.2. The fraction of sp³-hybridized carbons (Fsp3) is 0.532. The number of nitrogens with one attached hydrogen (secondary N) is 3. The lowest BCUT2D eigenvalue weighted by Crippen LogP contribution is -2.55.